The van der Waals surface area contributed by atoms with Crippen molar-refractivity contribution >= 4 is 5.82 Å². The Balaban J connectivity index is 2.41. The molecule has 0 aliphatic rings. The molecule has 1 atom stereocenters. The summed E-state index contributed by atoms with van der Waals surface area (Å²) in [6, 6.07) is 5.19. The van der Waals surface area contributed by atoms with E-state index in [0.29, 0.717) is 5.82 Å². The molecule has 2 aromatic heterocycles. The Bertz CT molecular complexity index is 464. The van der Waals surface area contributed by atoms with Gasteiger partial charge in [0.25, 0.3) is 0 Å². The highest BCUT2D eigenvalue weighted by molar-refractivity contribution is 5.44. The first-order valence-corrected chi connectivity index (χ1v) is 4.70. The van der Waals surface area contributed by atoms with Crippen LogP contribution in [0.2, 0.25) is 0 Å². The van der Waals surface area contributed by atoms with Gasteiger partial charge in [0.1, 0.15) is 11.6 Å². The second-order valence-corrected chi connectivity index (χ2v) is 3.42. The molecule has 0 spiro atoms. The van der Waals surface area contributed by atoms with Gasteiger partial charge in [-0.2, -0.15) is 0 Å². The van der Waals surface area contributed by atoms with Crippen LogP contribution < -0.4 is 11.5 Å². The van der Waals surface area contributed by atoms with Crippen molar-refractivity contribution in [1.82, 2.24) is 4.98 Å². The monoisotopic (exact) mass is 203 g/mol. The largest absolute Gasteiger partial charge is 0.467 e. The predicted octanol–water partition coefficient (Wildman–Crippen LogP) is 1.61. The van der Waals surface area contributed by atoms with Crippen molar-refractivity contribution in [3.05, 3.63) is 47.5 Å². The van der Waals surface area contributed by atoms with E-state index in [1.54, 1.807) is 12.5 Å². The highest BCUT2D eigenvalue weighted by Gasteiger charge is 2.17. The molecule has 0 saturated heterocycles. The van der Waals surface area contributed by atoms with E-state index in [-0.39, 0.29) is 6.04 Å². The molecule has 0 saturated carbocycles. The first kappa shape index (κ1) is 9.73. The van der Waals surface area contributed by atoms with E-state index in [0.717, 1.165) is 16.9 Å². The third-order valence-electron chi connectivity index (χ3n) is 2.39. The second kappa shape index (κ2) is 3.74. The van der Waals surface area contributed by atoms with Crippen molar-refractivity contribution in [3.8, 4) is 0 Å². The first-order valence-electron chi connectivity index (χ1n) is 4.70. The molecule has 4 N–H and O–H groups in total. The number of aryl methyl sites for hydroxylation is 1. The maximum atomic E-state index is 6.05. The molecule has 0 aliphatic carbocycles. The Morgan fingerprint density at radius 1 is 1.40 bits per heavy atom. The zero-order valence-corrected chi connectivity index (χ0v) is 8.47. The number of hydrogen-bond donors (Lipinski definition) is 2. The normalized spacial score (nSPS) is 12.7. The average molecular weight is 203 g/mol. The molecule has 0 radical (unpaired) electrons. The second-order valence-electron chi connectivity index (χ2n) is 3.42. The number of anilines is 1. The molecule has 0 aromatic carbocycles. The van der Waals surface area contributed by atoms with Crippen LogP contribution in [0.1, 0.15) is 22.9 Å². The minimum Gasteiger partial charge on any atom is -0.467 e. The lowest BCUT2D eigenvalue weighted by Crippen LogP contribution is -2.14. The summed E-state index contributed by atoms with van der Waals surface area (Å²) >= 11 is 0. The van der Waals surface area contributed by atoms with Gasteiger partial charge in [0.05, 0.1) is 12.3 Å². The average Bonchev–Trinajstić information content (AvgIpc) is 2.64. The topological polar surface area (TPSA) is 78.1 Å². The number of nitrogens with zero attached hydrogens (tertiary/aromatic N) is 1. The van der Waals surface area contributed by atoms with Gasteiger partial charge in [0.15, 0.2) is 0 Å². The number of rotatable bonds is 2. The summed E-state index contributed by atoms with van der Waals surface area (Å²) in [7, 11) is 0. The zero-order valence-electron chi connectivity index (χ0n) is 8.47. The molecule has 4 heteroatoms. The Kier molecular flexibility index (Phi) is 2.43. The lowest BCUT2D eigenvalue weighted by Gasteiger charge is -2.11. The Morgan fingerprint density at radius 3 is 2.80 bits per heavy atom. The summed E-state index contributed by atoms with van der Waals surface area (Å²) in [4.78, 5) is 4.00. The van der Waals surface area contributed by atoms with Gasteiger partial charge in [-0.05, 0) is 24.6 Å². The molecule has 0 bridgehead atoms. The third kappa shape index (κ3) is 1.71. The van der Waals surface area contributed by atoms with Gasteiger partial charge in [-0.3, -0.25) is 0 Å². The number of pyridine rings is 1. The van der Waals surface area contributed by atoms with E-state index in [1.807, 2.05) is 25.1 Å². The van der Waals surface area contributed by atoms with Gasteiger partial charge in [0, 0.05) is 11.8 Å². The van der Waals surface area contributed by atoms with Crippen molar-refractivity contribution < 1.29 is 4.42 Å². The minimum absolute atomic E-state index is 0.353. The van der Waals surface area contributed by atoms with Gasteiger partial charge in [-0.25, -0.2) is 4.98 Å². The minimum atomic E-state index is -0.353. The Hall–Kier alpha value is -1.81. The summed E-state index contributed by atoms with van der Waals surface area (Å²) in [6.07, 6.45) is 3.26. The number of furan rings is 1. The molecule has 1 unspecified atom stereocenters. The van der Waals surface area contributed by atoms with Gasteiger partial charge >= 0.3 is 0 Å². The number of nitrogens with two attached hydrogens (primary N) is 2. The highest BCUT2D eigenvalue weighted by atomic mass is 16.3. The molecule has 15 heavy (non-hydrogen) atoms. The van der Waals surface area contributed by atoms with Crippen LogP contribution >= 0.6 is 0 Å². The Morgan fingerprint density at radius 2 is 2.20 bits per heavy atom. The van der Waals surface area contributed by atoms with E-state index >= 15 is 0 Å². The molecule has 78 valence electrons. The van der Waals surface area contributed by atoms with Gasteiger partial charge < -0.3 is 15.9 Å². The van der Waals surface area contributed by atoms with Crippen molar-refractivity contribution in [3.63, 3.8) is 0 Å². The fourth-order valence-electron chi connectivity index (χ4n) is 1.54. The van der Waals surface area contributed by atoms with Crippen molar-refractivity contribution in [2.45, 2.75) is 13.0 Å². The molecule has 2 heterocycles. The quantitative estimate of drug-likeness (QED) is 0.777. The van der Waals surface area contributed by atoms with Crippen LogP contribution in [0.3, 0.4) is 0 Å². The standard InChI is InChI=1S/C11H13N3O/c1-7-4-6-15-10(7)9(12)8-3-2-5-14-11(8)13/h2-6,9H,12H2,1H3,(H2,13,14). The van der Waals surface area contributed by atoms with Gasteiger partial charge in [-0.15, -0.1) is 0 Å². The van der Waals surface area contributed by atoms with E-state index in [1.165, 1.54) is 0 Å². The van der Waals surface area contributed by atoms with Crippen LogP contribution in [0.5, 0.6) is 0 Å². The highest BCUT2D eigenvalue weighted by Crippen LogP contribution is 2.25. The van der Waals surface area contributed by atoms with Crippen LogP contribution in [0.4, 0.5) is 5.82 Å². The van der Waals surface area contributed by atoms with E-state index < -0.39 is 0 Å². The molecule has 0 fully saturated rings. The summed E-state index contributed by atoms with van der Waals surface area (Å²) in [5, 5.41) is 0. The van der Waals surface area contributed by atoms with Crippen molar-refractivity contribution in [2.24, 2.45) is 5.73 Å². The zero-order chi connectivity index (χ0) is 10.8. The molecule has 2 aromatic rings. The number of hydrogen-bond acceptors (Lipinski definition) is 4. The summed E-state index contributed by atoms with van der Waals surface area (Å²) in [6.45, 7) is 1.95. The van der Waals surface area contributed by atoms with Crippen LogP contribution in [0, 0.1) is 6.92 Å². The summed E-state index contributed by atoms with van der Waals surface area (Å²) in [5.41, 5.74) is 13.6. The maximum absolute atomic E-state index is 6.05. The first-order chi connectivity index (χ1) is 7.20. The van der Waals surface area contributed by atoms with Gasteiger partial charge in [-0.1, -0.05) is 6.07 Å². The smallest absolute Gasteiger partial charge is 0.128 e. The maximum Gasteiger partial charge on any atom is 0.128 e. The van der Waals surface area contributed by atoms with E-state index in [2.05, 4.69) is 4.98 Å². The molecule has 0 aliphatic heterocycles. The fraction of sp³-hybridized carbons (Fsp3) is 0.182. The predicted molar refractivity (Wildman–Crippen MR) is 58.1 cm³/mol. The molecule has 4 nitrogen and oxygen atoms in total. The molecule has 0 amide bonds. The fourth-order valence-corrected chi connectivity index (χ4v) is 1.54. The van der Waals surface area contributed by atoms with Gasteiger partial charge in [0.2, 0.25) is 0 Å². The lowest BCUT2D eigenvalue weighted by molar-refractivity contribution is 0.487. The van der Waals surface area contributed by atoms with Crippen LogP contribution in [-0.2, 0) is 0 Å². The summed E-state index contributed by atoms with van der Waals surface area (Å²) in [5.74, 6) is 1.18. The van der Waals surface area contributed by atoms with E-state index in [4.69, 9.17) is 15.9 Å². The van der Waals surface area contributed by atoms with Crippen LogP contribution in [0.25, 0.3) is 0 Å². The number of nitrogen functional groups attached to an aromatic ring is 1. The molecule has 2 rings (SSSR count). The van der Waals surface area contributed by atoms with E-state index in [9.17, 15) is 0 Å². The number of aromatic nitrogens is 1. The van der Waals surface area contributed by atoms with Crippen molar-refractivity contribution in [2.75, 3.05) is 5.73 Å². The van der Waals surface area contributed by atoms with Crippen molar-refractivity contribution in [1.29, 1.82) is 0 Å². The van der Waals surface area contributed by atoms with Crippen LogP contribution in [0.15, 0.2) is 35.1 Å². The molecular weight excluding hydrogens is 190 g/mol. The SMILES string of the molecule is Cc1ccoc1C(N)c1cccnc1N. The summed E-state index contributed by atoms with van der Waals surface area (Å²) < 4.78 is 5.33. The van der Waals surface area contributed by atoms with Crippen LogP contribution in [-0.4, -0.2) is 4.98 Å². The molecular formula is C11H13N3O. The lowest BCUT2D eigenvalue weighted by atomic mass is 10.0. The Labute approximate surface area is 87.9 Å². The third-order valence-corrected chi connectivity index (χ3v) is 2.39.